The lowest BCUT2D eigenvalue weighted by molar-refractivity contribution is 0.0919. The molecule has 0 bridgehead atoms. The largest absolute Gasteiger partial charge is 0.491 e. The number of carbonyl (C=O) groups excluding carboxylic acids is 1. The van der Waals surface area contributed by atoms with Crippen molar-refractivity contribution in [3.63, 3.8) is 0 Å². The maximum atomic E-state index is 12.3. The highest BCUT2D eigenvalue weighted by atomic mass is 16.5. The molecule has 1 amide bonds. The van der Waals surface area contributed by atoms with Gasteiger partial charge in [0.1, 0.15) is 5.75 Å². The summed E-state index contributed by atoms with van der Waals surface area (Å²) in [5, 5.41) is 6.01. The zero-order valence-corrected chi connectivity index (χ0v) is 17.2. The van der Waals surface area contributed by atoms with Crippen molar-refractivity contribution < 1.29 is 9.53 Å². The van der Waals surface area contributed by atoms with Crippen LogP contribution in [0.4, 0.5) is 5.69 Å². The van der Waals surface area contributed by atoms with E-state index in [9.17, 15) is 4.79 Å². The number of benzene rings is 2. The van der Waals surface area contributed by atoms with Gasteiger partial charge in [-0.05, 0) is 76.6 Å². The molecule has 6 nitrogen and oxygen atoms in total. The Morgan fingerprint density at radius 3 is 2.43 bits per heavy atom. The summed E-state index contributed by atoms with van der Waals surface area (Å²) in [6, 6.07) is 14.9. The van der Waals surface area contributed by atoms with Gasteiger partial charge in [-0.15, -0.1) is 0 Å². The third-order valence-corrected chi connectivity index (χ3v) is 3.61. The van der Waals surface area contributed by atoms with Crippen molar-refractivity contribution in [2.24, 2.45) is 10.7 Å². The average Bonchev–Trinajstić information content (AvgIpc) is 2.60. The third kappa shape index (κ3) is 7.31. The van der Waals surface area contributed by atoms with Crippen molar-refractivity contribution in [3.05, 3.63) is 59.7 Å². The molecule has 0 radical (unpaired) electrons. The number of guanidine groups is 1. The Hall–Kier alpha value is -3.02. The number of carbonyl (C=O) groups is 1. The van der Waals surface area contributed by atoms with Crippen molar-refractivity contribution in [2.45, 2.75) is 52.8 Å². The SMILES string of the molecule is CC(C)Oc1ccc(NC(N)=NCc2cccc(C(=O)NC(C)(C)C)c2)cc1. The number of hydrogen-bond donors (Lipinski definition) is 3. The second-order valence-electron chi connectivity index (χ2n) is 7.92. The van der Waals surface area contributed by atoms with Gasteiger partial charge in [-0.3, -0.25) is 4.79 Å². The molecule has 0 spiro atoms. The number of aliphatic imine (C=N–C) groups is 1. The highest BCUT2D eigenvalue weighted by Crippen LogP contribution is 2.17. The number of ether oxygens (including phenoxy) is 1. The molecule has 0 heterocycles. The molecule has 6 heteroatoms. The lowest BCUT2D eigenvalue weighted by Gasteiger charge is -2.20. The van der Waals surface area contributed by atoms with Gasteiger partial charge in [0.2, 0.25) is 0 Å². The van der Waals surface area contributed by atoms with E-state index in [1.54, 1.807) is 6.07 Å². The quantitative estimate of drug-likeness (QED) is 0.522. The first-order valence-electron chi connectivity index (χ1n) is 9.37. The van der Waals surface area contributed by atoms with Gasteiger partial charge >= 0.3 is 0 Å². The number of nitrogens with one attached hydrogen (secondary N) is 2. The molecule has 0 aliphatic carbocycles. The molecule has 0 aliphatic heterocycles. The van der Waals surface area contributed by atoms with Gasteiger partial charge < -0.3 is 21.1 Å². The molecule has 0 unspecified atom stereocenters. The summed E-state index contributed by atoms with van der Waals surface area (Å²) < 4.78 is 5.62. The topological polar surface area (TPSA) is 88.7 Å². The van der Waals surface area contributed by atoms with Crippen LogP contribution in [0.15, 0.2) is 53.5 Å². The molecule has 0 fully saturated rings. The molecular formula is C22H30N4O2. The van der Waals surface area contributed by atoms with Crippen LogP contribution in [-0.4, -0.2) is 23.5 Å². The molecule has 2 aromatic rings. The van der Waals surface area contributed by atoms with Crippen LogP contribution in [0.25, 0.3) is 0 Å². The Labute approximate surface area is 167 Å². The Bertz CT molecular complexity index is 821. The lowest BCUT2D eigenvalue weighted by Crippen LogP contribution is -2.40. The van der Waals surface area contributed by atoms with E-state index >= 15 is 0 Å². The molecule has 28 heavy (non-hydrogen) atoms. The molecule has 0 aromatic heterocycles. The molecule has 4 N–H and O–H groups in total. The van der Waals surface area contributed by atoms with Crippen molar-refractivity contribution >= 4 is 17.6 Å². The van der Waals surface area contributed by atoms with Crippen molar-refractivity contribution in [1.29, 1.82) is 0 Å². The maximum Gasteiger partial charge on any atom is 0.251 e. The van der Waals surface area contributed by atoms with E-state index in [2.05, 4.69) is 15.6 Å². The van der Waals surface area contributed by atoms with E-state index in [4.69, 9.17) is 10.5 Å². The second-order valence-corrected chi connectivity index (χ2v) is 7.92. The van der Waals surface area contributed by atoms with Crippen LogP contribution in [0.3, 0.4) is 0 Å². The van der Waals surface area contributed by atoms with Crippen LogP contribution in [0.2, 0.25) is 0 Å². The fourth-order valence-electron chi connectivity index (χ4n) is 2.48. The summed E-state index contributed by atoms with van der Waals surface area (Å²) in [6.45, 7) is 10.2. The number of anilines is 1. The van der Waals surface area contributed by atoms with Gasteiger partial charge in [-0.1, -0.05) is 12.1 Å². The summed E-state index contributed by atoms with van der Waals surface area (Å²) in [4.78, 5) is 16.6. The minimum Gasteiger partial charge on any atom is -0.491 e. The predicted molar refractivity (Wildman–Crippen MR) is 115 cm³/mol. The van der Waals surface area contributed by atoms with Gasteiger partial charge in [0.15, 0.2) is 5.96 Å². The van der Waals surface area contributed by atoms with E-state index in [1.165, 1.54) is 0 Å². The van der Waals surface area contributed by atoms with Gasteiger partial charge in [-0.25, -0.2) is 4.99 Å². The van der Waals surface area contributed by atoms with Gasteiger partial charge in [0.25, 0.3) is 5.91 Å². The molecule has 150 valence electrons. The van der Waals surface area contributed by atoms with Gasteiger partial charge in [0, 0.05) is 16.8 Å². The third-order valence-electron chi connectivity index (χ3n) is 3.61. The summed E-state index contributed by atoms with van der Waals surface area (Å²) in [5.41, 5.74) is 8.04. The highest BCUT2D eigenvalue weighted by molar-refractivity contribution is 5.95. The van der Waals surface area contributed by atoms with Crippen LogP contribution in [0.1, 0.15) is 50.5 Å². The van der Waals surface area contributed by atoms with Crippen LogP contribution < -0.4 is 21.1 Å². The summed E-state index contributed by atoms with van der Waals surface area (Å²) in [6.07, 6.45) is 0.131. The van der Waals surface area contributed by atoms with E-state index < -0.39 is 0 Å². The fraction of sp³-hybridized carbons (Fsp3) is 0.364. The number of rotatable bonds is 6. The number of amides is 1. The number of nitrogens with zero attached hydrogens (tertiary/aromatic N) is 1. The smallest absolute Gasteiger partial charge is 0.251 e. The number of nitrogens with two attached hydrogens (primary N) is 1. The van der Waals surface area contributed by atoms with E-state index in [0.717, 1.165) is 17.0 Å². The molecule has 0 saturated heterocycles. The molecule has 2 aromatic carbocycles. The van der Waals surface area contributed by atoms with Crippen molar-refractivity contribution in [1.82, 2.24) is 5.32 Å². The van der Waals surface area contributed by atoms with Crippen molar-refractivity contribution in [2.75, 3.05) is 5.32 Å². The number of hydrogen-bond acceptors (Lipinski definition) is 3. The maximum absolute atomic E-state index is 12.3. The minimum absolute atomic E-state index is 0.104. The molecule has 0 aliphatic rings. The monoisotopic (exact) mass is 382 g/mol. The standard InChI is InChI=1S/C22H30N4O2/c1-15(2)28-19-11-9-18(10-12-19)25-21(23)24-14-16-7-6-8-17(13-16)20(27)26-22(3,4)5/h6-13,15H,14H2,1-5H3,(H,26,27)(H3,23,24,25). The molecule has 0 saturated carbocycles. The molecular weight excluding hydrogens is 352 g/mol. The summed E-state index contributed by atoms with van der Waals surface area (Å²) in [7, 11) is 0. The van der Waals surface area contributed by atoms with Crippen molar-refractivity contribution in [3.8, 4) is 5.75 Å². The zero-order valence-electron chi connectivity index (χ0n) is 17.2. The average molecular weight is 383 g/mol. The zero-order chi connectivity index (χ0) is 20.7. The normalized spacial score (nSPS) is 12.0. The first-order valence-corrected chi connectivity index (χ1v) is 9.37. The summed E-state index contributed by atoms with van der Waals surface area (Å²) >= 11 is 0. The van der Waals surface area contributed by atoms with E-state index in [-0.39, 0.29) is 17.6 Å². The first kappa shape index (κ1) is 21.3. The predicted octanol–water partition coefficient (Wildman–Crippen LogP) is 3.93. The lowest BCUT2D eigenvalue weighted by atomic mass is 10.1. The highest BCUT2D eigenvalue weighted by Gasteiger charge is 2.15. The Balaban J connectivity index is 1.97. The van der Waals surface area contributed by atoms with Crippen LogP contribution in [0, 0.1) is 0 Å². The van der Waals surface area contributed by atoms with Crippen LogP contribution >= 0.6 is 0 Å². The van der Waals surface area contributed by atoms with Gasteiger partial charge in [-0.2, -0.15) is 0 Å². The summed E-state index contributed by atoms with van der Waals surface area (Å²) in [5.74, 6) is 1.01. The fourth-order valence-corrected chi connectivity index (χ4v) is 2.48. The Kier molecular flexibility index (Phi) is 7.04. The molecule has 0 atom stereocenters. The van der Waals surface area contributed by atoms with E-state index in [0.29, 0.717) is 18.1 Å². The van der Waals surface area contributed by atoms with Gasteiger partial charge in [0.05, 0.1) is 12.6 Å². The second kappa shape index (κ2) is 9.26. The van der Waals surface area contributed by atoms with E-state index in [1.807, 2.05) is 77.1 Å². The molecule has 2 rings (SSSR count). The Morgan fingerprint density at radius 2 is 1.82 bits per heavy atom. The van der Waals surface area contributed by atoms with Crippen LogP contribution in [0.5, 0.6) is 5.75 Å². The van der Waals surface area contributed by atoms with Crippen LogP contribution in [-0.2, 0) is 6.54 Å². The Morgan fingerprint density at radius 1 is 1.14 bits per heavy atom. The minimum atomic E-state index is -0.282. The first-order chi connectivity index (χ1) is 13.1.